The minimum atomic E-state index is 0.204. The van der Waals surface area contributed by atoms with E-state index in [2.05, 4.69) is 27.7 Å². The predicted octanol–water partition coefficient (Wildman–Crippen LogP) is 3.35. The Morgan fingerprint density at radius 2 is 2.12 bits per heavy atom. The Balaban J connectivity index is 2.36. The molecule has 0 heterocycles. The van der Waals surface area contributed by atoms with Gasteiger partial charge in [0.2, 0.25) is 0 Å². The molecule has 0 aromatic carbocycles. The highest BCUT2D eigenvalue weighted by molar-refractivity contribution is 4.92. The van der Waals surface area contributed by atoms with E-state index in [1.807, 2.05) is 0 Å². The molecule has 0 spiro atoms. The van der Waals surface area contributed by atoms with Crippen molar-refractivity contribution in [3.63, 3.8) is 0 Å². The van der Waals surface area contributed by atoms with Gasteiger partial charge in [0.15, 0.2) is 0 Å². The van der Waals surface area contributed by atoms with Gasteiger partial charge in [0.1, 0.15) is 0 Å². The first kappa shape index (κ1) is 14.0. The van der Waals surface area contributed by atoms with E-state index in [0.29, 0.717) is 5.92 Å². The van der Waals surface area contributed by atoms with E-state index in [0.717, 1.165) is 13.0 Å². The standard InChI is InChI=1S/C14H29NO/c1-5-7-11(2)10-16-12-8-6-9-14(3,4)13(12)15/h11-13H,5-10,15H2,1-4H3. The van der Waals surface area contributed by atoms with Crippen molar-refractivity contribution >= 4 is 0 Å². The molecule has 0 aromatic heterocycles. The van der Waals surface area contributed by atoms with Gasteiger partial charge in [-0.3, -0.25) is 0 Å². The molecule has 2 N–H and O–H groups in total. The summed E-state index contributed by atoms with van der Waals surface area (Å²) >= 11 is 0. The largest absolute Gasteiger partial charge is 0.376 e. The first-order valence-corrected chi connectivity index (χ1v) is 6.84. The van der Waals surface area contributed by atoms with Gasteiger partial charge in [-0.05, 0) is 30.6 Å². The quantitative estimate of drug-likeness (QED) is 0.781. The zero-order chi connectivity index (χ0) is 12.2. The number of hydrogen-bond donors (Lipinski definition) is 1. The Morgan fingerprint density at radius 1 is 1.44 bits per heavy atom. The number of ether oxygens (including phenoxy) is 1. The average Bonchev–Trinajstić information content (AvgIpc) is 2.21. The van der Waals surface area contributed by atoms with E-state index < -0.39 is 0 Å². The van der Waals surface area contributed by atoms with E-state index in [-0.39, 0.29) is 17.6 Å². The molecule has 1 rings (SSSR count). The van der Waals surface area contributed by atoms with Crippen LogP contribution in [0.2, 0.25) is 0 Å². The third kappa shape index (κ3) is 3.74. The van der Waals surface area contributed by atoms with Crippen molar-refractivity contribution in [2.75, 3.05) is 6.61 Å². The fourth-order valence-corrected chi connectivity index (χ4v) is 2.66. The van der Waals surface area contributed by atoms with Crippen LogP contribution in [0.4, 0.5) is 0 Å². The average molecular weight is 227 g/mol. The molecule has 2 nitrogen and oxygen atoms in total. The molecule has 3 unspecified atom stereocenters. The molecule has 96 valence electrons. The zero-order valence-electron chi connectivity index (χ0n) is 11.5. The van der Waals surface area contributed by atoms with Crippen LogP contribution in [0.1, 0.15) is 59.8 Å². The molecule has 3 atom stereocenters. The molecule has 1 fully saturated rings. The van der Waals surface area contributed by atoms with Gasteiger partial charge >= 0.3 is 0 Å². The van der Waals surface area contributed by atoms with Gasteiger partial charge in [-0.25, -0.2) is 0 Å². The van der Waals surface area contributed by atoms with Crippen molar-refractivity contribution in [2.24, 2.45) is 17.1 Å². The first-order valence-electron chi connectivity index (χ1n) is 6.84. The second-order valence-corrected chi connectivity index (χ2v) is 6.17. The maximum atomic E-state index is 6.29. The lowest BCUT2D eigenvalue weighted by atomic mass is 9.72. The van der Waals surface area contributed by atoms with E-state index in [1.54, 1.807) is 0 Å². The highest BCUT2D eigenvalue weighted by Gasteiger charge is 2.36. The van der Waals surface area contributed by atoms with Crippen LogP contribution in [0.5, 0.6) is 0 Å². The Bertz CT molecular complexity index is 203. The monoisotopic (exact) mass is 227 g/mol. The van der Waals surface area contributed by atoms with Crippen LogP contribution in [-0.2, 0) is 4.74 Å². The molecular weight excluding hydrogens is 198 g/mol. The lowest BCUT2D eigenvalue weighted by Crippen LogP contribution is -2.50. The molecule has 1 saturated carbocycles. The molecule has 2 heteroatoms. The normalized spacial score (nSPS) is 31.3. The summed E-state index contributed by atoms with van der Waals surface area (Å²) < 4.78 is 6.02. The molecule has 0 aliphatic heterocycles. The fourth-order valence-electron chi connectivity index (χ4n) is 2.66. The smallest absolute Gasteiger partial charge is 0.0731 e. The van der Waals surface area contributed by atoms with Crippen LogP contribution in [0.3, 0.4) is 0 Å². The highest BCUT2D eigenvalue weighted by Crippen LogP contribution is 2.35. The van der Waals surface area contributed by atoms with Crippen molar-refractivity contribution in [3.05, 3.63) is 0 Å². The van der Waals surface area contributed by atoms with Crippen LogP contribution >= 0.6 is 0 Å². The number of rotatable bonds is 5. The molecule has 0 amide bonds. The molecule has 1 aliphatic rings. The Labute approximate surface area is 101 Å². The van der Waals surface area contributed by atoms with Crippen LogP contribution < -0.4 is 5.73 Å². The minimum absolute atomic E-state index is 0.204. The SMILES string of the molecule is CCCC(C)COC1CCCC(C)(C)C1N. The Morgan fingerprint density at radius 3 is 2.75 bits per heavy atom. The third-order valence-electron chi connectivity index (χ3n) is 3.99. The first-order chi connectivity index (χ1) is 7.47. The summed E-state index contributed by atoms with van der Waals surface area (Å²) in [7, 11) is 0. The zero-order valence-corrected chi connectivity index (χ0v) is 11.5. The minimum Gasteiger partial charge on any atom is -0.376 e. The number of nitrogens with two attached hydrogens (primary N) is 1. The van der Waals surface area contributed by atoms with Crippen LogP contribution in [-0.4, -0.2) is 18.8 Å². The van der Waals surface area contributed by atoms with Crippen molar-refractivity contribution in [1.29, 1.82) is 0 Å². The molecule has 0 saturated heterocycles. The van der Waals surface area contributed by atoms with Gasteiger partial charge in [0.25, 0.3) is 0 Å². The fraction of sp³-hybridized carbons (Fsp3) is 1.00. The van der Waals surface area contributed by atoms with Crippen LogP contribution in [0.15, 0.2) is 0 Å². The topological polar surface area (TPSA) is 35.2 Å². The highest BCUT2D eigenvalue weighted by atomic mass is 16.5. The predicted molar refractivity (Wildman–Crippen MR) is 69.4 cm³/mol. The summed E-state index contributed by atoms with van der Waals surface area (Å²) in [6.07, 6.45) is 6.41. The van der Waals surface area contributed by atoms with Crippen molar-refractivity contribution in [2.45, 2.75) is 71.9 Å². The van der Waals surface area contributed by atoms with Crippen LogP contribution in [0, 0.1) is 11.3 Å². The second-order valence-electron chi connectivity index (χ2n) is 6.17. The Kier molecular flexibility index (Phi) is 5.26. The maximum Gasteiger partial charge on any atom is 0.0731 e. The van der Waals surface area contributed by atoms with E-state index in [1.165, 1.54) is 25.7 Å². The summed E-state index contributed by atoms with van der Waals surface area (Å²) in [5.74, 6) is 0.669. The number of hydrogen-bond acceptors (Lipinski definition) is 2. The molecule has 1 aliphatic carbocycles. The maximum absolute atomic E-state index is 6.29. The van der Waals surface area contributed by atoms with Gasteiger partial charge in [-0.2, -0.15) is 0 Å². The summed E-state index contributed by atoms with van der Waals surface area (Å²) in [5.41, 5.74) is 6.54. The molecule has 0 radical (unpaired) electrons. The lowest BCUT2D eigenvalue weighted by Gasteiger charge is -2.41. The molecule has 0 aromatic rings. The van der Waals surface area contributed by atoms with Crippen LogP contribution in [0.25, 0.3) is 0 Å². The van der Waals surface area contributed by atoms with E-state index >= 15 is 0 Å². The van der Waals surface area contributed by atoms with Gasteiger partial charge in [-0.1, -0.05) is 40.5 Å². The van der Waals surface area contributed by atoms with Gasteiger partial charge < -0.3 is 10.5 Å². The summed E-state index contributed by atoms with van der Waals surface area (Å²) in [5, 5.41) is 0. The molecule has 0 bridgehead atoms. The summed E-state index contributed by atoms with van der Waals surface area (Å²) in [6.45, 7) is 9.91. The van der Waals surface area contributed by atoms with E-state index in [9.17, 15) is 0 Å². The second kappa shape index (κ2) is 6.02. The Hall–Kier alpha value is -0.0800. The summed E-state index contributed by atoms with van der Waals surface area (Å²) in [6, 6.07) is 0.204. The molecular formula is C14H29NO. The van der Waals surface area contributed by atoms with Crippen molar-refractivity contribution < 1.29 is 4.74 Å². The molecule has 16 heavy (non-hydrogen) atoms. The van der Waals surface area contributed by atoms with Gasteiger partial charge in [0, 0.05) is 12.6 Å². The van der Waals surface area contributed by atoms with Crippen molar-refractivity contribution in [3.8, 4) is 0 Å². The summed E-state index contributed by atoms with van der Waals surface area (Å²) in [4.78, 5) is 0. The lowest BCUT2D eigenvalue weighted by molar-refractivity contribution is -0.0367. The van der Waals surface area contributed by atoms with Gasteiger partial charge in [0.05, 0.1) is 6.10 Å². The van der Waals surface area contributed by atoms with E-state index in [4.69, 9.17) is 10.5 Å². The van der Waals surface area contributed by atoms with Crippen molar-refractivity contribution in [1.82, 2.24) is 0 Å². The third-order valence-corrected chi connectivity index (χ3v) is 3.99. The van der Waals surface area contributed by atoms with Gasteiger partial charge in [-0.15, -0.1) is 0 Å².